The summed E-state index contributed by atoms with van der Waals surface area (Å²) in [4.78, 5) is 0. The van der Waals surface area contributed by atoms with Crippen molar-refractivity contribution in [2.45, 2.75) is 19.3 Å². The topological polar surface area (TPSA) is 35.2 Å². The lowest BCUT2D eigenvalue weighted by molar-refractivity contribution is 0.334. The van der Waals surface area contributed by atoms with E-state index in [9.17, 15) is 0 Å². The molecule has 0 aliphatic rings. The van der Waals surface area contributed by atoms with Crippen molar-refractivity contribution in [2.75, 3.05) is 13.2 Å². The molecule has 0 bridgehead atoms. The van der Waals surface area contributed by atoms with Gasteiger partial charge in [0.25, 0.3) is 0 Å². The average molecular weight is 290 g/mol. The van der Waals surface area contributed by atoms with E-state index in [4.69, 9.17) is 22.1 Å². The first kappa shape index (κ1) is 14.9. The van der Waals surface area contributed by atoms with Crippen LogP contribution in [-0.2, 0) is 6.42 Å². The van der Waals surface area contributed by atoms with Crippen LogP contribution in [-0.4, -0.2) is 13.2 Å². The Hall–Kier alpha value is -1.51. The zero-order valence-corrected chi connectivity index (χ0v) is 12.4. The van der Waals surface area contributed by atoms with Crippen molar-refractivity contribution >= 4 is 11.6 Å². The van der Waals surface area contributed by atoms with Gasteiger partial charge in [-0.25, -0.2) is 0 Å². The molecule has 2 aromatic carbocycles. The highest BCUT2D eigenvalue weighted by molar-refractivity contribution is 6.31. The van der Waals surface area contributed by atoms with Gasteiger partial charge >= 0.3 is 0 Å². The van der Waals surface area contributed by atoms with Crippen molar-refractivity contribution in [3.63, 3.8) is 0 Å². The van der Waals surface area contributed by atoms with Gasteiger partial charge in [-0.1, -0.05) is 48.0 Å². The number of halogens is 1. The minimum absolute atomic E-state index is 0.206. The van der Waals surface area contributed by atoms with E-state index >= 15 is 0 Å². The standard InChI is InChI=1S/C17H20ClNO/c1-2-20-17-10-6-4-8-15(17)14(12-19)11-13-7-3-5-9-16(13)18/h3-10,14H,2,11-12,19H2,1H3. The fourth-order valence-electron chi connectivity index (χ4n) is 2.35. The predicted molar refractivity (Wildman–Crippen MR) is 84.6 cm³/mol. The molecule has 0 saturated carbocycles. The van der Waals surface area contributed by atoms with Crippen LogP contribution in [0.3, 0.4) is 0 Å². The molecule has 106 valence electrons. The maximum absolute atomic E-state index is 6.24. The quantitative estimate of drug-likeness (QED) is 0.871. The van der Waals surface area contributed by atoms with E-state index in [1.807, 2.05) is 49.4 Å². The highest BCUT2D eigenvalue weighted by Crippen LogP contribution is 2.30. The molecule has 2 aromatic rings. The van der Waals surface area contributed by atoms with Crippen molar-refractivity contribution in [2.24, 2.45) is 5.73 Å². The molecule has 2 N–H and O–H groups in total. The molecule has 0 spiro atoms. The number of nitrogens with two attached hydrogens (primary N) is 1. The van der Waals surface area contributed by atoms with E-state index in [-0.39, 0.29) is 5.92 Å². The summed E-state index contributed by atoms with van der Waals surface area (Å²) in [5, 5.41) is 0.792. The molecule has 0 aliphatic heterocycles. The van der Waals surface area contributed by atoms with E-state index < -0.39 is 0 Å². The molecule has 0 heterocycles. The van der Waals surface area contributed by atoms with Gasteiger partial charge in [-0.3, -0.25) is 0 Å². The first-order chi connectivity index (χ1) is 9.76. The van der Waals surface area contributed by atoms with Gasteiger partial charge in [-0.15, -0.1) is 0 Å². The summed E-state index contributed by atoms with van der Waals surface area (Å²) in [5.74, 6) is 1.12. The molecule has 2 nitrogen and oxygen atoms in total. The zero-order valence-electron chi connectivity index (χ0n) is 11.7. The van der Waals surface area contributed by atoms with Crippen LogP contribution >= 0.6 is 11.6 Å². The van der Waals surface area contributed by atoms with Crippen molar-refractivity contribution in [3.8, 4) is 5.75 Å². The number of ether oxygens (including phenoxy) is 1. The van der Waals surface area contributed by atoms with Crippen LogP contribution < -0.4 is 10.5 Å². The monoisotopic (exact) mass is 289 g/mol. The summed E-state index contributed by atoms with van der Waals surface area (Å²) in [6.45, 7) is 3.21. The van der Waals surface area contributed by atoms with Gasteiger partial charge in [0.15, 0.2) is 0 Å². The second-order valence-electron chi connectivity index (χ2n) is 4.70. The van der Waals surface area contributed by atoms with E-state index in [2.05, 4.69) is 6.07 Å². The highest BCUT2D eigenvalue weighted by atomic mass is 35.5. The van der Waals surface area contributed by atoms with Crippen molar-refractivity contribution in [1.82, 2.24) is 0 Å². The van der Waals surface area contributed by atoms with Crippen molar-refractivity contribution in [3.05, 3.63) is 64.7 Å². The third-order valence-electron chi connectivity index (χ3n) is 3.37. The van der Waals surface area contributed by atoms with Crippen molar-refractivity contribution in [1.29, 1.82) is 0 Å². The molecule has 0 amide bonds. The van der Waals surface area contributed by atoms with E-state index in [1.54, 1.807) is 0 Å². The van der Waals surface area contributed by atoms with Crippen LogP contribution in [0.2, 0.25) is 5.02 Å². The molecule has 3 heteroatoms. The molecular weight excluding hydrogens is 270 g/mol. The number of hydrogen-bond acceptors (Lipinski definition) is 2. The lowest BCUT2D eigenvalue weighted by Gasteiger charge is -2.19. The Balaban J connectivity index is 2.27. The summed E-state index contributed by atoms with van der Waals surface area (Å²) in [5.41, 5.74) is 8.24. The smallest absolute Gasteiger partial charge is 0.122 e. The summed E-state index contributed by atoms with van der Waals surface area (Å²) in [6.07, 6.45) is 0.820. The lowest BCUT2D eigenvalue weighted by atomic mass is 9.91. The molecule has 1 unspecified atom stereocenters. The fourth-order valence-corrected chi connectivity index (χ4v) is 2.57. The Morgan fingerprint density at radius 2 is 1.80 bits per heavy atom. The lowest BCUT2D eigenvalue weighted by Crippen LogP contribution is -2.16. The summed E-state index contributed by atoms with van der Waals surface area (Å²) < 4.78 is 5.70. The molecule has 0 aromatic heterocycles. The Morgan fingerprint density at radius 3 is 2.50 bits per heavy atom. The van der Waals surface area contributed by atoms with Crippen LogP contribution in [0.5, 0.6) is 5.75 Å². The van der Waals surface area contributed by atoms with Gasteiger partial charge in [0.2, 0.25) is 0 Å². The Morgan fingerprint density at radius 1 is 1.10 bits per heavy atom. The third kappa shape index (κ3) is 3.53. The summed E-state index contributed by atoms with van der Waals surface area (Å²) in [7, 11) is 0. The van der Waals surface area contributed by atoms with Gasteiger partial charge < -0.3 is 10.5 Å². The van der Waals surface area contributed by atoms with E-state index in [1.165, 1.54) is 0 Å². The van der Waals surface area contributed by atoms with Gasteiger partial charge in [0.05, 0.1) is 6.61 Å². The largest absolute Gasteiger partial charge is 0.494 e. The normalized spacial score (nSPS) is 12.2. The summed E-state index contributed by atoms with van der Waals surface area (Å²) in [6, 6.07) is 16.0. The van der Waals surface area contributed by atoms with Gasteiger partial charge in [-0.05, 0) is 43.1 Å². The number of benzene rings is 2. The Kier molecular flexibility index (Phi) is 5.45. The Labute approximate surface area is 125 Å². The second kappa shape index (κ2) is 7.32. The number of para-hydroxylation sites is 1. The van der Waals surface area contributed by atoms with Gasteiger partial charge in [-0.2, -0.15) is 0 Å². The zero-order chi connectivity index (χ0) is 14.4. The first-order valence-electron chi connectivity index (χ1n) is 6.91. The van der Waals surface area contributed by atoms with Gasteiger partial charge in [0.1, 0.15) is 5.75 Å². The maximum Gasteiger partial charge on any atom is 0.122 e. The Bertz CT molecular complexity index is 556. The van der Waals surface area contributed by atoms with E-state index in [0.717, 1.165) is 28.3 Å². The average Bonchev–Trinajstić information content (AvgIpc) is 2.48. The van der Waals surface area contributed by atoms with Crippen LogP contribution in [0, 0.1) is 0 Å². The van der Waals surface area contributed by atoms with E-state index in [0.29, 0.717) is 13.2 Å². The molecule has 0 fully saturated rings. The molecular formula is C17H20ClNO. The molecule has 0 aliphatic carbocycles. The van der Waals surface area contributed by atoms with Gasteiger partial charge in [0, 0.05) is 10.9 Å². The fraction of sp³-hybridized carbons (Fsp3) is 0.294. The SMILES string of the molecule is CCOc1ccccc1C(CN)Cc1ccccc1Cl. The molecule has 0 saturated heterocycles. The first-order valence-corrected chi connectivity index (χ1v) is 7.29. The maximum atomic E-state index is 6.24. The number of rotatable bonds is 6. The number of hydrogen-bond donors (Lipinski definition) is 1. The molecule has 1 atom stereocenters. The summed E-state index contributed by atoms with van der Waals surface area (Å²) >= 11 is 6.24. The predicted octanol–water partition coefficient (Wildman–Crippen LogP) is 4.02. The van der Waals surface area contributed by atoms with Crippen LogP contribution in [0.25, 0.3) is 0 Å². The van der Waals surface area contributed by atoms with Crippen LogP contribution in [0.4, 0.5) is 0 Å². The molecule has 0 radical (unpaired) electrons. The molecule has 2 rings (SSSR count). The minimum atomic E-state index is 0.206. The van der Waals surface area contributed by atoms with Crippen LogP contribution in [0.1, 0.15) is 24.0 Å². The third-order valence-corrected chi connectivity index (χ3v) is 3.74. The minimum Gasteiger partial charge on any atom is -0.494 e. The highest BCUT2D eigenvalue weighted by Gasteiger charge is 2.16. The van der Waals surface area contributed by atoms with Crippen molar-refractivity contribution < 1.29 is 4.74 Å². The second-order valence-corrected chi connectivity index (χ2v) is 5.11. The van der Waals surface area contributed by atoms with Crippen LogP contribution in [0.15, 0.2) is 48.5 Å². The molecule has 20 heavy (non-hydrogen) atoms.